The van der Waals surface area contributed by atoms with E-state index in [-0.39, 0.29) is 11.6 Å². The number of anilines is 1. The molecule has 0 saturated carbocycles. The number of allylic oxidation sites excluding steroid dienone is 4. The third-order valence-corrected chi connectivity index (χ3v) is 5.04. The number of benzene rings is 1. The fourth-order valence-electron chi connectivity index (χ4n) is 3.12. The van der Waals surface area contributed by atoms with Crippen molar-refractivity contribution in [3.05, 3.63) is 65.4 Å². The minimum atomic E-state index is -0.489. The van der Waals surface area contributed by atoms with Gasteiger partial charge in [-0.2, -0.15) is 0 Å². The summed E-state index contributed by atoms with van der Waals surface area (Å²) in [6.45, 7) is 11.6. The second-order valence-corrected chi connectivity index (χ2v) is 7.31. The molecule has 1 aliphatic rings. The number of nitrogens with zero attached hydrogens (tertiary/aromatic N) is 2. The normalized spacial score (nSPS) is 16.6. The predicted molar refractivity (Wildman–Crippen MR) is 118 cm³/mol. The van der Waals surface area contributed by atoms with E-state index in [9.17, 15) is 9.18 Å². The topological polar surface area (TPSA) is 56.7 Å². The molecule has 1 saturated heterocycles. The molecule has 5 nitrogen and oxygen atoms in total. The van der Waals surface area contributed by atoms with E-state index in [1.165, 1.54) is 24.6 Å². The van der Waals surface area contributed by atoms with Crippen molar-refractivity contribution in [2.45, 2.75) is 40.2 Å². The zero-order valence-corrected chi connectivity index (χ0v) is 17.5. The number of aliphatic imine (C=N–C) groups is 1. The first-order valence-corrected chi connectivity index (χ1v) is 9.99. The molecule has 2 N–H and O–H groups in total. The van der Waals surface area contributed by atoms with Gasteiger partial charge in [0.25, 0.3) is 5.91 Å². The molecule has 0 unspecified atom stereocenters. The Labute approximate surface area is 173 Å². The van der Waals surface area contributed by atoms with E-state index in [4.69, 9.17) is 0 Å². The maximum atomic E-state index is 13.6. The zero-order chi connectivity index (χ0) is 21.2. The molecule has 0 bridgehead atoms. The molecular weight excluding hydrogens is 367 g/mol. The van der Waals surface area contributed by atoms with Crippen LogP contribution in [0.25, 0.3) is 0 Å². The fourth-order valence-corrected chi connectivity index (χ4v) is 3.12. The van der Waals surface area contributed by atoms with Crippen molar-refractivity contribution in [1.29, 1.82) is 0 Å². The number of halogens is 1. The van der Waals surface area contributed by atoms with Crippen LogP contribution in [0, 0.1) is 5.92 Å². The molecule has 2 rings (SSSR count). The quantitative estimate of drug-likeness (QED) is 0.386. The summed E-state index contributed by atoms with van der Waals surface area (Å²) in [6.07, 6.45) is 6.44. The van der Waals surface area contributed by atoms with Crippen LogP contribution in [-0.2, 0) is 11.3 Å². The first kappa shape index (κ1) is 22.4. The van der Waals surface area contributed by atoms with Gasteiger partial charge >= 0.3 is 0 Å². The average molecular weight is 399 g/mol. The minimum Gasteiger partial charge on any atom is -0.372 e. The summed E-state index contributed by atoms with van der Waals surface area (Å²) in [5, 5.41) is 5.53. The summed E-state index contributed by atoms with van der Waals surface area (Å²) in [4.78, 5) is 18.7. The molecule has 1 aliphatic heterocycles. The van der Waals surface area contributed by atoms with Gasteiger partial charge in [0.05, 0.1) is 5.70 Å². The molecule has 1 heterocycles. The van der Waals surface area contributed by atoms with Crippen LogP contribution in [0.2, 0.25) is 0 Å². The van der Waals surface area contributed by atoms with Gasteiger partial charge in [-0.3, -0.25) is 9.79 Å². The van der Waals surface area contributed by atoms with Crippen molar-refractivity contribution in [1.82, 2.24) is 10.6 Å². The largest absolute Gasteiger partial charge is 0.372 e. The molecule has 0 atom stereocenters. The van der Waals surface area contributed by atoms with E-state index in [1.807, 2.05) is 12.1 Å². The molecule has 1 aromatic carbocycles. The van der Waals surface area contributed by atoms with E-state index in [2.05, 4.69) is 46.3 Å². The number of rotatable bonds is 8. The molecular formula is C23H31FN4O. The lowest BCUT2D eigenvalue weighted by atomic mass is 9.99. The summed E-state index contributed by atoms with van der Waals surface area (Å²) in [5.41, 5.74) is 2.76. The van der Waals surface area contributed by atoms with Gasteiger partial charge in [0, 0.05) is 31.5 Å². The van der Waals surface area contributed by atoms with Gasteiger partial charge in [-0.1, -0.05) is 25.1 Å². The highest BCUT2D eigenvalue weighted by Crippen LogP contribution is 2.23. The SMILES string of the molecule is C=N/C(C)=C(\N/C=C(F)\C=C/C)C(=O)NCc1ccc(N2CCC(C)CC2)cc1. The lowest BCUT2D eigenvalue weighted by Gasteiger charge is -2.32. The van der Waals surface area contributed by atoms with Crippen molar-refractivity contribution in [2.24, 2.45) is 10.9 Å². The first-order chi connectivity index (χ1) is 13.9. The number of amides is 1. The van der Waals surface area contributed by atoms with Crippen molar-refractivity contribution in [3.63, 3.8) is 0 Å². The molecule has 1 aromatic rings. The molecule has 6 heteroatoms. The Kier molecular flexibility index (Phi) is 8.65. The van der Waals surface area contributed by atoms with E-state index in [0.29, 0.717) is 12.2 Å². The highest BCUT2D eigenvalue weighted by Gasteiger charge is 2.16. The van der Waals surface area contributed by atoms with E-state index >= 15 is 0 Å². The van der Waals surface area contributed by atoms with E-state index < -0.39 is 5.83 Å². The molecule has 0 spiro atoms. The first-order valence-electron chi connectivity index (χ1n) is 9.99. The van der Waals surface area contributed by atoms with E-state index in [1.54, 1.807) is 19.9 Å². The summed E-state index contributed by atoms with van der Waals surface area (Å²) >= 11 is 0. The third-order valence-electron chi connectivity index (χ3n) is 5.04. The van der Waals surface area contributed by atoms with Crippen molar-refractivity contribution in [3.8, 4) is 0 Å². The van der Waals surface area contributed by atoms with Crippen LogP contribution in [0.3, 0.4) is 0 Å². The van der Waals surface area contributed by atoms with Gasteiger partial charge in [-0.25, -0.2) is 4.39 Å². The van der Waals surface area contributed by atoms with Crippen LogP contribution in [0.15, 0.2) is 64.8 Å². The molecule has 29 heavy (non-hydrogen) atoms. The predicted octanol–water partition coefficient (Wildman–Crippen LogP) is 4.45. The van der Waals surface area contributed by atoms with Gasteiger partial charge in [-0.15, -0.1) is 0 Å². The van der Waals surface area contributed by atoms with Gasteiger partial charge in [0.15, 0.2) is 0 Å². The fraction of sp³-hybridized carbons (Fsp3) is 0.391. The Balaban J connectivity index is 1.97. The molecule has 0 aliphatic carbocycles. The Bertz CT molecular complexity index is 788. The smallest absolute Gasteiger partial charge is 0.269 e. The monoisotopic (exact) mass is 398 g/mol. The van der Waals surface area contributed by atoms with Crippen molar-refractivity contribution >= 4 is 18.3 Å². The van der Waals surface area contributed by atoms with E-state index in [0.717, 1.165) is 30.8 Å². The minimum absolute atomic E-state index is 0.165. The molecule has 0 aromatic heterocycles. The van der Waals surface area contributed by atoms with Crippen LogP contribution in [0.4, 0.5) is 10.1 Å². The number of hydrogen-bond acceptors (Lipinski definition) is 4. The lowest BCUT2D eigenvalue weighted by Crippen LogP contribution is -2.32. The molecule has 1 fully saturated rings. The maximum absolute atomic E-state index is 13.6. The van der Waals surface area contributed by atoms with Gasteiger partial charge in [-0.05, 0) is 63.1 Å². The van der Waals surface area contributed by atoms with Gasteiger partial charge < -0.3 is 15.5 Å². The van der Waals surface area contributed by atoms with Crippen molar-refractivity contribution < 1.29 is 9.18 Å². The number of piperidine rings is 1. The Morgan fingerprint density at radius 3 is 2.55 bits per heavy atom. The average Bonchev–Trinajstić information content (AvgIpc) is 2.73. The maximum Gasteiger partial charge on any atom is 0.269 e. The zero-order valence-electron chi connectivity index (χ0n) is 17.5. The van der Waals surface area contributed by atoms with Crippen molar-refractivity contribution in [2.75, 3.05) is 18.0 Å². The summed E-state index contributed by atoms with van der Waals surface area (Å²) in [6, 6.07) is 8.24. The molecule has 156 valence electrons. The highest BCUT2D eigenvalue weighted by atomic mass is 19.1. The summed E-state index contributed by atoms with van der Waals surface area (Å²) < 4.78 is 13.6. The van der Waals surface area contributed by atoms with Gasteiger partial charge in [0.1, 0.15) is 11.5 Å². The number of hydrogen-bond donors (Lipinski definition) is 2. The molecule has 0 radical (unpaired) electrons. The third kappa shape index (κ3) is 6.89. The number of nitrogens with one attached hydrogen (secondary N) is 2. The Morgan fingerprint density at radius 1 is 1.31 bits per heavy atom. The van der Waals surface area contributed by atoms with Crippen LogP contribution in [0.5, 0.6) is 0 Å². The van der Waals surface area contributed by atoms with Crippen LogP contribution >= 0.6 is 0 Å². The lowest BCUT2D eigenvalue weighted by molar-refractivity contribution is -0.118. The van der Waals surface area contributed by atoms with Crippen LogP contribution in [0.1, 0.15) is 39.2 Å². The molecule has 1 amide bonds. The van der Waals surface area contributed by atoms with Crippen LogP contribution < -0.4 is 15.5 Å². The second-order valence-electron chi connectivity index (χ2n) is 7.31. The number of carbonyl (C=O) groups is 1. The Hall–Kier alpha value is -2.89. The summed E-state index contributed by atoms with van der Waals surface area (Å²) in [5.74, 6) is -0.0581. The summed E-state index contributed by atoms with van der Waals surface area (Å²) in [7, 11) is 0. The standard InChI is InChI=1S/C23H31FN4O/c1-5-6-20(24)16-26-22(18(3)25-4)23(29)27-15-19-7-9-21(10-8-19)28-13-11-17(2)12-14-28/h5-10,16-17,26H,4,11-15H2,1-3H3,(H,27,29)/b6-5-,20-16+,22-18-. The number of carbonyl (C=O) groups excluding carboxylic acids is 1. The van der Waals surface area contributed by atoms with Gasteiger partial charge in [0.2, 0.25) is 0 Å². The second kappa shape index (κ2) is 11.2. The Morgan fingerprint density at radius 2 is 1.97 bits per heavy atom. The van der Waals surface area contributed by atoms with Crippen LogP contribution in [-0.4, -0.2) is 25.7 Å². The highest BCUT2D eigenvalue weighted by molar-refractivity contribution is 5.93.